The SMILES string of the molecule is NC(=O)NCCn1c(CCl)nc2cc(I)c(F)cc21. The average Bonchev–Trinajstić information content (AvgIpc) is 2.67. The molecule has 3 N–H and O–H groups in total. The van der Waals surface area contributed by atoms with E-state index in [9.17, 15) is 9.18 Å². The number of nitrogens with zero attached hydrogens (tertiary/aromatic N) is 2. The smallest absolute Gasteiger partial charge is 0.312 e. The van der Waals surface area contributed by atoms with Gasteiger partial charge in [-0.05, 0) is 28.7 Å². The number of amides is 2. The largest absolute Gasteiger partial charge is 0.352 e. The van der Waals surface area contributed by atoms with Gasteiger partial charge in [0, 0.05) is 19.2 Å². The molecule has 0 saturated heterocycles. The van der Waals surface area contributed by atoms with Gasteiger partial charge in [-0.25, -0.2) is 14.2 Å². The number of rotatable bonds is 4. The van der Waals surface area contributed by atoms with E-state index in [0.717, 1.165) is 0 Å². The molecule has 1 aromatic carbocycles. The highest BCUT2D eigenvalue weighted by atomic mass is 127. The number of alkyl halides is 1. The Bertz CT molecular complexity index is 631. The van der Waals surface area contributed by atoms with Gasteiger partial charge in [-0.3, -0.25) is 0 Å². The van der Waals surface area contributed by atoms with Crippen LogP contribution in [0.15, 0.2) is 12.1 Å². The Kier molecular flexibility index (Phi) is 4.46. The first-order chi connectivity index (χ1) is 9.02. The van der Waals surface area contributed by atoms with E-state index in [-0.39, 0.29) is 11.7 Å². The van der Waals surface area contributed by atoms with Crippen LogP contribution >= 0.6 is 34.2 Å². The maximum absolute atomic E-state index is 13.6. The lowest BCUT2D eigenvalue weighted by atomic mass is 10.3. The molecule has 0 saturated carbocycles. The zero-order chi connectivity index (χ0) is 14.0. The van der Waals surface area contributed by atoms with Crippen LogP contribution in [0.25, 0.3) is 11.0 Å². The molecule has 2 amide bonds. The second kappa shape index (κ2) is 5.91. The topological polar surface area (TPSA) is 72.9 Å². The highest BCUT2D eigenvalue weighted by Crippen LogP contribution is 2.22. The van der Waals surface area contributed by atoms with E-state index in [1.807, 2.05) is 22.6 Å². The molecule has 0 radical (unpaired) electrons. The molecular weight excluding hydrogens is 386 g/mol. The van der Waals surface area contributed by atoms with Crippen LogP contribution in [0.1, 0.15) is 5.82 Å². The van der Waals surface area contributed by atoms with Crippen LogP contribution in [0, 0.1) is 9.39 Å². The molecule has 5 nitrogen and oxygen atoms in total. The van der Waals surface area contributed by atoms with Crippen molar-refractivity contribution >= 4 is 51.3 Å². The molecule has 102 valence electrons. The normalized spacial score (nSPS) is 10.9. The summed E-state index contributed by atoms with van der Waals surface area (Å²) in [5, 5.41) is 2.48. The zero-order valence-electron chi connectivity index (χ0n) is 9.79. The van der Waals surface area contributed by atoms with Crippen molar-refractivity contribution < 1.29 is 9.18 Å². The molecular formula is C11H11ClFIN4O. The number of hydrogen-bond donors (Lipinski definition) is 2. The highest BCUT2D eigenvalue weighted by molar-refractivity contribution is 14.1. The van der Waals surface area contributed by atoms with Crippen LogP contribution in [-0.4, -0.2) is 22.1 Å². The highest BCUT2D eigenvalue weighted by Gasteiger charge is 2.12. The number of imidazole rings is 1. The van der Waals surface area contributed by atoms with Gasteiger partial charge in [0.1, 0.15) is 11.6 Å². The number of carbonyl (C=O) groups excluding carboxylic acids is 1. The average molecular weight is 397 g/mol. The van der Waals surface area contributed by atoms with Crippen molar-refractivity contribution in [3.63, 3.8) is 0 Å². The van der Waals surface area contributed by atoms with Gasteiger partial charge in [0.15, 0.2) is 0 Å². The number of benzene rings is 1. The number of carbonyl (C=O) groups is 1. The van der Waals surface area contributed by atoms with Crippen molar-refractivity contribution in [1.82, 2.24) is 14.9 Å². The summed E-state index contributed by atoms with van der Waals surface area (Å²) in [7, 11) is 0. The van der Waals surface area contributed by atoms with Crippen LogP contribution in [0.5, 0.6) is 0 Å². The molecule has 2 rings (SSSR count). The van der Waals surface area contributed by atoms with Gasteiger partial charge in [-0.1, -0.05) is 0 Å². The summed E-state index contributed by atoms with van der Waals surface area (Å²) in [5.41, 5.74) is 6.33. The van der Waals surface area contributed by atoms with Crippen molar-refractivity contribution in [1.29, 1.82) is 0 Å². The molecule has 8 heteroatoms. The van der Waals surface area contributed by atoms with Crippen LogP contribution in [-0.2, 0) is 12.4 Å². The quantitative estimate of drug-likeness (QED) is 0.614. The van der Waals surface area contributed by atoms with E-state index in [2.05, 4.69) is 10.3 Å². The number of halogens is 3. The molecule has 0 fully saturated rings. The van der Waals surface area contributed by atoms with E-state index >= 15 is 0 Å². The predicted octanol–water partition coefficient (Wildman–Crippen LogP) is 2.19. The number of nitrogens with one attached hydrogen (secondary N) is 1. The van der Waals surface area contributed by atoms with Gasteiger partial charge in [-0.2, -0.15) is 0 Å². The Labute approximate surface area is 127 Å². The summed E-state index contributed by atoms with van der Waals surface area (Å²) in [6.07, 6.45) is 0. The number of nitrogens with two attached hydrogens (primary N) is 1. The Balaban J connectivity index is 2.39. The summed E-state index contributed by atoms with van der Waals surface area (Å²) >= 11 is 7.75. The minimum absolute atomic E-state index is 0.212. The van der Waals surface area contributed by atoms with Crippen molar-refractivity contribution in [2.45, 2.75) is 12.4 Å². The van der Waals surface area contributed by atoms with E-state index in [1.165, 1.54) is 6.07 Å². The van der Waals surface area contributed by atoms with Gasteiger partial charge >= 0.3 is 6.03 Å². The number of primary amides is 1. The maximum Gasteiger partial charge on any atom is 0.312 e. The van der Waals surface area contributed by atoms with Crippen LogP contribution in [0.3, 0.4) is 0 Å². The Morgan fingerprint density at radius 1 is 1.58 bits per heavy atom. The third-order valence-electron chi connectivity index (χ3n) is 2.62. The fourth-order valence-corrected chi connectivity index (χ4v) is 2.47. The van der Waals surface area contributed by atoms with Crippen molar-refractivity contribution in [2.24, 2.45) is 5.73 Å². The van der Waals surface area contributed by atoms with Gasteiger partial charge in [0.2, 0.25) is 0 Å². The first-order valence-corrected chi connectivity index (χ1v) is 7.07. The van der Waals surface area contributed by atoms with Gasteiger partial charge in [0.05, 0.1) is 20.5 Å². The molecule has 0 aliphatic rings. The second-order valence-corrected chi connectivity index (χ2v) is 5.29. The van der Waals surface area contributed by atoms with Crippen LogP contribution in [0.2, 0.25) is 0 Å². The van der Waals surface area contributed by atoms with E-state index in [4.69, 9.17) is 17.3 Å². The first-order valence-electron chi connectivity index (χ1n) is 5.46. The minimum Gasteiger partial charge on any atom is -0.352 e. The molecule has 1 heterocycles. The van der Waals surface area contributed by atoms with Crippen LogP contribution < -0.4 is 11.1 Å². The van der Waals surface area contributed by atoms with Gasteiger partial charge in [-0.15, -0.1) is 11.6 Å². The fourth-order valence-electron chi connectivity index (χ4n) is 1.81. The lowest BCUT2D eigenvalue weighted by Crippen LogP contribution is -2.32. The Morgan fingerprint density at radius 3 is 2.95 bits per heavy atom. The third-order valence-corrected chi connectivity index (χ3v) is 3.69. The zero-order valence-corrected chi connectivity index (χ0v) is 12.7. The number of hydrogen-bond acceptors (Lipinski definition) is 2. The minimum atomic E-state index is -0.599. The lowest BCUT2D eigenvalue weighted by molar-refractivity contribution is 0.248. The summed E-state index contributed by atoms with van der Waals surface area (Å²) in [5.74, 6) is 0.534. The van der Waals surface area contributed by atoms with E-state index < -0.39 is 6.03 Å². The second-order valence-electron chi connectivity index (χ2n) is 3.86. The van der Waals surface area contributed by atoms with E-state index in [1.54, 1.807) is 10.6 Å². The standard InChI is InChI=1S/C11H11ClFIN4O/c12-5-10-17-8-4-7(14)6(13)3-9(8)18(10)2-1-16-11(15)19/h3-4H,1-2,5H2,(H3,15,16,19). The molecule has 0 unspecified atom stereocenters. The van der Waals surface area contributed by atoms with Gasteiger partial charge in [0.25, 0.3) is 0 Å². The van der Waals surface area contributed by atoms with Crippen molar-refractivity contribution in [3.8, 4) is 0 Å². The van der Waals surface area contributed by atoms with E-state index in [0.29, 0.717) is 33.5 Å². The molecule has 19 heavy (non-hydrogen) atoms. The summed E-state index contributed by atoms with van der Waals surface area (Å²) in [6, 6.07) is 2.49. The van der Waals surface area contributed by atoms with Crippen molar-refractivity contribution in [3.05, 3.63) is 27.3 Å². The molecule has 0 atom stereocenters. The van der Waals surface area contributed by atoms with Gasteiger partial charge < -0.3 is 15.6 Å². The Morgan fingerprint density at radius 2 is 2.32 bits per heavy atom. The Hall–Kier alpha value is -1.09. The molecule has 0 bridgehead atoms. The first kappa shape index (κ1) is 14.3. The fraction of sp³-hybridized carbons (Fsp3) is 0.273. The summed E-state index contributed by atoms with van der Waals surface area (Å²) < 4.78 is 15.9. The molecule has 1 aromatic heterocycles. The molecule has 0 spiro atoms. The molecule has 0 aliphatic heterocycles. The predicted molar refractivity (Wildman–Crippen MR) is 79.6 cm³/mol. The number of fused-ring (bicyclic) bond motifs is 1. The monoisotopic (exact) mass is 396 g/mol. The molecule has 2 aromatic rings. The van der Waals surface area contributed by atoms with Crippen LogP contribution in [0.4, 0.5) is 9.18 Å². The lowest BCUT2D eigenvalue weighted by Gasteiger charge is -2.08. The third kappa shape index (κ3) is 3.08. The van der Waals surface area contributed by atoms with Crippen molar-refractivity contribution in [2.75, 3.05) is 6.54 Å². The maximum atomic E-state index is 13.6. The summed E-state index contributed by atoms with van der Waals surface area (Å²) in [6.45, 7) is 0.764. The molecule has 0 aliphatic carbocycles. The number of urea groups is 1. The number of aromatic nitrogens is 2. The summed E-state index contributed by atoms with van der Waals surface area (Å²) in [4.78, 5) is 15.0.